The summed E-state index contributed by atoms with van der Waals surface area (Å²) in [5.74, 6) is 1.64. The van der Waals surface area contributed by atoms with Gasteiger partial charge >= 0.3 is 0 Å². The molecule has 2 heterocycles. The van der Waals surface area contributed by atoms with E-state index in [9.17, 15) is 0 Å². The maximum atomic E-state index is 5.68. The first-order chi connectivity index (χ1) is 10.3. The topological polar surface area (TPSA) is 43.4 Å². The van der Waals surface area contributed by atoms with Gasteiger partial charge in [0, 0.05) is 12.4 Å². The summed E-state index contributed by atoms with van der Waals surface area (Å²) in [6.45, 7) is 6.27. The predicted molar refractivity (Wildman–Crippen MR) is 81.9 cm³/mol. The van der Waals surface area contributed by atoms with Crippen LogP contribution in [-0.2, 0) is 0 Å². The average Bonchev–Trinajstić information content (AvgIpc) is 2.52. The lowest BCUT2D eigenvalue weighted by Crippen LogP contribution is -2.23. The second-order valence-electron chi connectivity index (χ2n) is 5.19. The van der Waals surface area contributed by atoms with Crippen molar-refractivity contribution in [1.82, 2.24) is 10.3 Å². The summed E-state index contributed by atoms with van der Waals surface area (Å²) >= 11 is 0. The molecule has 1 unspecified atom stereocenters. The van der Waals surface area contributed by atoms with Crippen LogP contribution in [0.5, 0.6) is 11.5 Å². The number of nitrogens with zero attached hydrogens (tertiary/aromatic N) is 1. The molecule has 1 aromatic heterocycles. The Bertz CT molecular complexity index is 628. The second-order valence-corrected chi connectivity index (χ2v) is 5.19. The SMILES string of the molecule is CCNC(c1cncc(C)c1)c1ccc2c(c1)OCCO2. The van der Waals surface area contributed by atoms with Crippen LogP contribution in [0.15, 0.2) is 36.7 Å². The van der Waals surface area contributed by atoms with Gasteiger partial charge in [-0.25, -0.2) is 0 Å². The van der Waals surface area contributed by atoms with Gasteiger partial charge in [-0.2, -0.15) is 0 Å². The van der Waals surface area contributed by atoms with Gasteiger partial charge in [-0.15, -0.1) is 0 Å². The van der Waals surface area contributed by atoms with Gasteiger partial charge < -0.3 is 14.8 Å². The first-order valence-electron chi connectivity index (χ1n) is 7.32. The number of rotatable bonds is 4. The van der Waals surface area contributed by atoms with E-state index in [1.165, 1.54) is 0 Å². The number of fused-ring (bicyclic) bond motifs is 1. The standard InChI is InChI=1S/C17H20N2O2/c1-3-19-17(14-8-12(2)10-18-11-14)13-4-5-15-16(9-13)21-7-6-20-15/h4-5,8-11,17,19H,3,6-7H2,1-2H3. The van der Waals surface area contributed by atoms with Gasteiger partial charge in [0.15, 0.2) is 11.5 Å². The lowest BCUT2D eigenvalue weighted by atomic mass is 9.98. The molecule has 1 aromatic carbocycles. The molecular weight excluding hydrogens is 264 g/mol. The summed E-state index contributed by atoms with van der Waals surface area (Å²) < 4.78 is 11.3. The number of pyridine rings is 1. The van der Waals surface area contributed by atoms with Crippen molar-refractivity contribution in [2.75, 3.05) is 19.8 Å². The first-order valence-corrected chi connectivity index (χ1v) is 7.32. The highest BCUT2D eigenvalue weighted by molar-refractivity contribution is 5.46. The van der Waals surface area contributed by atoms with E-state index < -0.39 is 0 Å². The lowest BCUT2D eigenvalue weighted by Gasteiger charge is -2.23. The van der Waals surface area contributed by atoms with Gasteiger partial charge in [-0.3, -0.25) is 4.98 Å². The molecule has 0 amide bonds. The molecule has 21 heavy (non-hydrogen) atoms. The maximum absolute atomic E-state index is 5.68. The van der Waals surface area contributed by atoms with E-state index in [1.807, 2.05) is 18.5 Å². The van der Waals surface area contributed by atoms with Gasteiger partial charge in [0.05, 0.1) is 6.04 Å². The Morgan fingerprint density at radius 1 is 1.10 bits per heavy atom. The maximum Gasteiger partial charge on any atom is 0.161 e. The summed E-state index contributed by atoms with van der Waals surface area (Å²) in [5.41, 5.74) is 3.48. The van der Waals surface area contributed by atoms with E-state index in [2.05, 4.69) is 42.3 Å². The predicted octanol–water partition coefficient (Wildman–Crippen LogP) is 2.86. The molecule has 3 rings (SSSR count). The summed E-state index contributed by atoms with van der Waals surface area (Å²) in [6.07, 6.45) is 3.79. The second kappa shape index (κ2) is 6.14. The Balaban J connectivity index is 1.97. The highest BCUT2D eigenvalue weighted by Gasteiger charge is 2.18. The Morgan fingerprint density at radius 3 is 2.67 bits per heavy atom. The van der Waals surface area contributed by atoms with Gasteiger partial charge in [0.1, 0.15) is 13.2 Å². The lowest BCUT2D eigenvalue weighted by molar-refractivity contribution is 0.171. The highest BCUT2D eigenvalue weighted by atomic mass is 16.6. The zero-order valence-electron chi connectivity index (χ0n) is 12.4. The number of nitrogens with one attached hydrogen (secondary N) is 1. The van der Waals surface area contributed by atoms with E-state index in [4.69, 9.17) is 9.47 Å². The zero-order chi connectivity index (χ0) is 14.7. The number of aromatic nitrogens is 1. The molecule has 0 bridgehead atoms. The molecule has 1 N–H and O–H groups in total. The number of benzene rings is 1. The van der Waals surface area contributed by atoms with Crippen molar-refractivity contribution < 1.29 is 9.47 Å². The van der Waals surface area contributed by atoms with Crippen molar-refractivity contribution >= 4 is 0 Å². The van der Waals surface area contributed by atoms with Crippen molar-refractivity contribution in [3.05, 3.63) is 53.3 Å². The molecule has 110 valence electrons. The van der Waals surface area contributed by atoms with E-state index in [-0.39, 0.29) is 6.04 Å². The molecule has 1 aliphatic rings. The minimum Gasteiger partial charge on any atom is -0.486 e. The Hall–Kier alpha value is -2.07. The van der Waals surface area contributed by atoms with Crippen LogP contribution in [0.4, 0.5) is 0 Å². The fraction of sp³-hybridized carbons (Fsp3) is 0.353. The Kier molecular flexibility index (Phi) is 4.06. The minimum absolute atomic E-state index is 0.109. The third-order valence-corrected chi connectivity index (χ3v) is 3.54. The van der Waals surface area contributed by atoms with Crippen LogP contribution in [0.25, 0.3) is 0 Å². The van der Waals surface area contributed by atoms with Crippen LogP contribution < -0.4 is 14.8 Å². The fourth-order valence-electron chi connectivity index (χ4n) is 2.61. The largest absolute Gasteiger partial charge is 0.486 e. The Morgan fingerprint density at radius 2 is 1.90 bits per heavy atom. The molecule has 1 aliphatic heterocycles. The summed E-state index contributed by atoms with van der Waals surface area (Å²) in [7, 11) is 0. The molecule has 4 nitrogen and oxygen atoms in total. The molecule has 0 aliphatic carbocycles. The highest BCUT2D eigenvalue weighted by Crippen LogP contribution is 2.34. The molecular formula is C17H20N2O2. The van der Waals surface area contributed by atoms with Crippen LogP contribution in [0.1, 0.15) is 29.7 Å². The first kappa shape index (κ1) is 13.9. The molecule has 2 aromatic rings. The number of hydrogen-bond acceptors (Lipinski definition) is 4. The number of ether oxygens (including phenoxy) is 2. The van der Waals surface area contributed by atoms with Gasteiger partial charge in [-0.05, 0) is 42.3 Å². The van der Waals surface area contributed by atoms with Crippen LogP contribution in [0.2, 0.25) is 0 Å². The van der Waals surface area contributed by atoms with Crippen molar-refractivity contribution in [1.29, 1.82) is 0 Å². The third-order valence-electron chi connectivity index (χ3n) is 3.54. The molecule has 0 saturated heterocycles. The van der Waals surface area contributed by atoms with Crippen LogP contribution >= 0.6 is 0 Å². The van der Waals surface area contributed by atoms with Crippen molar-refractivity contribution in [2.24, 2.45) is 0 Å². The van der Waals surface area contributed by atoms with Crippen LogP contribution in [-0.4, -0.2) is 24.7 Å². The summed E-state index contributed by atoms with van der Waals surface area (Å²) in [6, 6.07) is 8.40. The fourth-order valence-corrected chi connectivity index (χ4v) is 2.61. The van der Waals surface area contributed by atoms with E-state index in [0.717, 1.165) is 34.7 Å². The van der Waals surface area contributed by atoms with Crippen molar-refractivity contribution in [3.8, 4) is 11.5 Å². The van der Waals surface area contributed by atoms with Crippen LogP contribution in [0.3, 0.4) is 0 Å². The zero-order valence-corrected chi connectivity index (χ0v) is 12.4. The molecule has 0 radical (unpaired) electrons. The van der Waals surface area contributed by atoms with Crippen molar-refractivity contribution in [3.63, 3.8) is 0 Å². The number of aryl methyl sites for hydroxylation is 1. The van der Waals surface area contributed by atoms with Gasteiger partial charge in [0.2, 0.25) is 0 Å². The quantitative estimate of drug-likeness (QED) is 0.937. The average molecular weight is 284 g/mol. The molecule has 0 fully saturated rings. The monoisotopic (exact) mass is 284 g/mol. The van der Waals surface area contributed by atoms with Crippen molar-refractivity contribution in [2.45, 2.75) is 19.9 Å². The van der Waals surface area contributed by atoms with E-state index in [1.54, 1.807) is 0 Å². The third kappa shape index (κ3) is 3.00. The molecule has 0 saturated carbocycles. The minimum atomic E-state index is 0.109. The van der Waals surface area contributed by atoms with Crippen LogP contribution in [0, 0.1) is 6.92 Å². The Labute approximate surface area is 125 Å². The van der Waals surface area contributed by atoms with E-state index >= 15 is 0 Å². The van der Waals surface area contributed by atoms with Gasteiger partial charge in [0.25, 0.3) is 0 Å². The summed E-state index contributed by atoms with van der Waals surface area (Å²) in [4.78, 5) is 4.30. The normalized spacial score (nSPS) is 14.8. The summed E-state index contributed by atoms with van der Waals surface area (Å²) in [5, 5.41) is 3.51. The van der Waals surface area contributed by atoms with E-state index in [0.29, 0.717) is 13.2 Å². The smallest absolute Gasteiger partial charge is 0.161 e. The van der Waals surface area contributed by atoms with Gasteiger partial charge in [-0.1, -0.05) is 19.1 Å². The molecule has 4 heteroatoms. The number of hydrogen-bond donors (Lipinski definition) is 1. The molecule has 0 spiro atoms. The molecule has 1 atom stereocenters.